The third-order valence-corrected chi connectivity index (χ3v) is 5.55. The minimum absolute atomic E-state index is 0.287. The second kappa shape index (κ2) is 7.14. The van der Waals surface area contributed by atoms with Gasteiger partial charge in [0.2, 0.25) is 0 Å². The van der Waals surface area contributed by atoms with Gasteiger partial charge in [-0.1, -0.05) is 29.8 Å². The summed E-state index contributed by atoms with van der Waals surface area (Å²) in [5.74, 6) is 0.573. The highest BCUT2D eigenvalue weighted by molar-refractivity contribution is 7.99. The molecule has 1 aliphatic carbocycles. The summed E-state index contributed by atoms with van der Waals surface area (Å²) >= 11 is 1.95. The third kappa shape index (κ3) is 3.73. The van der Waals surface area contributed by atoms with Crippen LogP contribution in [0.25, 0.3) is 5.57 Å². The van der Waals surface area contributed by atoms with Crippen LogP contribution in [0.4, 0.5) is 0 Å². The summed E-state index contributed by atoms with van der Waals surface area (Å²) in [6.45, 7) is 0. The van der Waals surface area contributed by atoms with Crippen LogP contribution in [0.15, 0.2) is 54.1 Å². The number of rotatable bonds is 3. The summed E-state index contributed by atoms with van der Waals surface area (Å²) in [5, 5.41) is 19.9. The van der Waals surface area contributed by atoms with Crippen LogP contribution in [0.3, 0.4) is 0 Å². The second-order valence-corrected chi connectivity index (χ2v) is 7.16. The topological polar surface area (TPSA) is 40.5 Å². The van der Waals surface area contributed by atoms with Crippen LogP contribution in [-0.4, -0.2) is 21.7 Å². The predicted molar refractivity (Wildman–Crippen MR) is 98.0 cm³/mol. The summed E-state index contributed by atoms with van der Waals surface area (Å²) in [6, 6.07) is 14.9. The molecule has 1 aliphatic rings. The van der Waals surface area contributed by atoms with Crippen molar-refractivity contribution in [1.29, 1.82) is 0 Å². The Bertz CT molecular complexity index is 639. The first-order chi connectivity index (χ1) is 11.2. The van der Waals surface area contributed by atoms with Gasteiger partial charge in [0.15, 0.2) is 0 Å². The molecule has 3 rings (SSSR count). The molecule has 2 nitrogen and oxygen atoms in total. The molecule has 120 valence electrons. The molecule has 0 saturated heterocycles. The van der Waals surface area contributed by atoms with E-state index in [4.69, 9.17) is 0 Å². The number of aromatic hydroxyl groups is 2. The van der Waals surface area contributed by atoms with E-state index in [9.17, 15) is 10.2 Å². The number of hydrogen-bond acceptors (Lipinski definition) is 3. The lowest BCUT2D eigenvalue weighted by Gasteiger charge is -2.26. The van der Waals surface area contributed by atoms with E-state index in [1.54, 1.807) is 24.3 Å². The normalized spacial score (nSPS) is 18.0. The highest BCUT2D eigenvalue weighted by atomic mass is 32.2. The Morgan fingerprint density at radius 3 is 1.91 bits per heavy atom. The van der Waals surface area contributed by atoms with Crippen molar-refractivity contribution < 1.29 is 10.2 Å². The summed E-state index contributed by atoms with van der Waals surface area (Å²) in [5.41, 5.74) is 4.99. The average Bonchev–Trinajstić information content (AvgIpc) is 2.59. The van der Waals surface area contributed by atoms with E-state index in [2.05, 4.69) is 6.26 Å². The molecule has 0 amide bonds. The molecule has 2 aromatic rings. The zero-order chi connectivity index (χ0) is 16.2. The van der Waals surface area contributed by atoms with Crippen molar-refractivity contribution in [3.63, 3.8) is 0 Å². The Hall–Kier alpha value is -1.87. The molecule has 1 fully saturated rings. The quantitative estimate of drug-likeness (QED) is 0.814. The summed E-state index contributed by atoms with van der Waals surface area (Å²) < 4.78 is 0. The first kappa shape index (κ1) is 16.0. The van der Waals surface area contributed by atoms with Crippen LogP contribution >= 0.6 is 11.8 Å². The average molecular weight is 326 g/mol. The fourth-order valence-electron chi connectivity index (χ4n) is 3.28. The summed E-state index contributed by atoms with van der Waals surface area (Å²) in [6.07, 6.45) is 6.92. The molecular formula is C20H22O2S. The van der Waals surface area contributed by atoms with Crippen molar-refractivity contribution in [2.45, 2.75) is 30.9 Å². The lowest BCUT2D eigenvalue weighted by Crippen LogP contribution is -2.11. The number of phenolic OH excluding ortho intramolecular Hbond substituents is 2. The zero-order valence-corrected chi connectivity index (χ0v) is 14.1. The Balaban J connectivity index is 2.09. The van der Waals surface area contributed by atoms with Crippen LogP contribution in [0.1, 0.15) is 36.8 Å². The van der Waals surface area contributed by atoms with E-state index < -0.39 is 0 Å². The maximum Gasteiger partial charge on any atom is 0.115 e. The molecule has 0 aliphatic heterocycles. The number of allylic oxidation sites excluding steroid dienone is 1. The van der Waals surface area contributed by atoms with Crippen LogP contribution < -0.4 is 0 Å². The minimum Gasteiger partial charge on any atom is -0.508 e. The van der Waals surface area contributed by atoms with Crippen LogP contribution in [0.5, 0.6) is 11.5 Å². The molecule has 3 heteroatoms. The van der Waals surface area contributed by atoms with Crippen LogP contribution in [0.2, 0.25) is 0 Å². The van der Waals surface area contributed by atoms with Gasteiger partial charge in [0, 0.05) is 5.25 Å². The lowest BCUT2D eigenvalue weighted by molar-refractivity contribution is 0.475. The molecule has 0 spiro atoms. The molecule has 23 heavy (non-hydrogen) atoms. The van der Waals surface area contributed by atoms with E-state index in [-0.39, 0.29) is 11.5 Å². The minimum atomic E-state index is 0.287. The van der Waals surface area contributed by atoms with Crippen LogP contribution in [-0.2, 0) is 0 Å². The Kier molecular flexibility index (Phi) is 4.97. The first-order valence-electron chi connectivity index (χ1n) is 8.01. The maximum atomic E-state index is 9.58. The first-order valence-corrected chi connectivity index (χ1v) is 9.30. The van der Waals surface area contributed by atoms with Crippen molar-refractivity contribution in [1.82, 2.24) is 0 Å². The Morgan fingerprint density at radius 2 is 1.43 bits per heavy atom. The van der Waals surface area contributed by atoms with Gasteiger partial charge in [-0.15, -0.1) is 0 Å². The van der Waals surface area contributed by atoms with Gasteiger partial charge >= 0.3 is 0 Å². The van der Waals surface area contributed by atoms with Gasteiger partial charge in [0.1, 0.15) is 11.5 Å². The van der Waals surface area contributed by atoms with E-state index in [1.807, 2.05) is 36.0 Å². The molecule has 1 saturated carbocycles. The number of phenols is 2. The van der Waals surface area contributed by atoms with Crippen molar-refractivity contribution in [2.24, 2.45) is 0 Å². The standard InChI is InChI=1S/C20H22O2S/c1-23-19-4-2-3-16(13-19)20(14-5-9-17(21)10-6-14)15-7-11-18(22)12-8-15/h5-12,19,21-22H,2-4,13H2,1H3/t19-/m0/s1. The largest absolute Gasteiger partial charge is 0.508 e. The van der Waals surface area contributed by atoms with E-state index in [0.717, 1.165) is 24.0 Å². The molecule has 1 atom stereocenters. The van der Waals surface area contributed by atoms with Crippen molar-refractivity contribution in [3.05, 3.63) is 65.2 Å². The highest BCUT2D eigenvalue weighted by Gasteiger charge is 2.20. The van der Waals surface area contributed by atoms with Gasteiger partial charge in [-0.25, -0.2) is 0 Å². The SMILES string of the molecule is CS[C@H]1CCCC(=C(c2ccc(O)cc2)c2ccc(O)cc2)C1. The van der Waals surface area contributed by atoms with E-state index >= 15 is 0 Å². The van der Waals surface area contributed by atoms with Crippen molar-refractivity contribution in [2.75, 3.05) is 6.26 Å². The van der Waals surface area contributed by atoms with Gasteiger partial charge in [0.05, 0.1) is 0 Å². The molecule has 2 N–H and O–H groups in total. The number of hydrogen-bond donors (Lipinski definition) is 2. The van der Waals surface area contributed by atoms with Gasteiger partial charge in [-0.05, 0) is 72.9 Å². The van der Waals surface area contributed by atoms with Crippen molar-refractivity contribution >= 4 is 17.3 Å². The molecule has 0 aromatic heterocycles. The summed E-state index contributed by atoms with van der Waals surface area (Å²) in [7, 11) is 0. The molecule has 0 unspecified atom stereocenters. The van der Waals surface area contributed by atoms with Crippen molar-refractivity contribution in [3.8, 4) is 11.5 Å². The lowest BCUT2D eigenvalue weighted by atomic mass is 9.85. The fraction of sp³-hybridized carbons (Fsp3) is 0.300. The van der Waals surface area contributed by atoms with E-state index in [1.165, 1.54) is 24.0 Å². The Labute approximate surface area is 141 Å². The fourth-order valence-corrected chi connectivity index (χ4v) is 4.05. The van der Waals surface area contributed by atoms with E-state index in [0.29, 0.717) is 5.25 Å². The van der Waals surface area contributed by atoms with Gasteiger partial charge < -0.3 is 10.2 Å². The van der Waals surface area contributed by atoms with Crippen LogP contribution in [0, 0.1) is 0 Å². The molecular weight excluding hydrogens is 304 g/mol. The molecule has 2 aromatic carbocycles. The monoisotopic (exact) mass is 326 g/mol. The second-order valence-electron chi connectivity index (χ2n) is 6.03. The molecule has 0 heterocycles. The third-order valence-electron chi connectivity index (χ3n) is 4.48. The Morgan fingerprint density at radius 1 is 0.913 bits per heavy atom. The highest BCUT2D eigenvalue weighted by Crippen LogP contribution is 2.38. The van der Waals surface area contributed by atoms with Gasteiger partial charge in [-0.3, -0.25) is 0 Å². The summed E-state index contributed by atoms with van der Waals surface area (Å²) in [4.78, 5) is 0. The number of benzene rings is 2. The maximum absolute atomic E-state index is 9.58. The molecule has 0 radical (unpaired) electrons. The molecule has 0 bridgehead atoms. The van der Waals surface area contributed by atoms with Gasteiger partial charge in [0.25, 0.3) is 0 Å². The van der Waals surface area contributed by atoms with Gasteiger partial charge in [-0.2, -0.15) is 11.8 Å². The smallest absolute Gasteiger partial charge is 0.115 e. The number of thioether (sulfide) groups is 1. The predicted octanol–water partition coefficient (Wildman–Crippen LogP) is 5.21. The zero-order valence-electron chi connectivity index (χ0n) is 13.3.